The van der Waals surface area contributed by atoms with Crippen LogP contribution in [-0.2, 0) is 19.4 Å². The number of aryl methyl sites for hydroxylation is 1. The van der Waals surface area contributed by atoms with E-state index in [1.165, 1.54) is 10.4 Å². The Labute approximate surface area is 187 Å². The molecule has 6 heteroatoms. The predicted molar refractivity (Wildman–Crippen MR) is 127 cm³/mol. The lowest BCUT2D eigenvalue weighted by atomic mass is 9.92. The largest absolute Gasteiger partial charge is 0.506 e. The first kappa shape index (κ1) is 20.2. The van der Waals surface area contributed by atoms with Crippen molar-refractivity contribution >= 4 is 22.9 Å². The van der Waals surface area contributed by atoms with Gasteiger partial charge in [0.15, 0.2) is 0 Å². The normalized spacial score (nSPS) is 16.4. The summed E-state index contributed by atoms with van der Waals surface area (Å²) < 4.78 is 2.23. The van der Waals surface area contributed by atoms with E-state index in [-0.39, 0.29) is 17.2 Å². The molecule has 0 fully saturated rings. The van der Waals surface area contributed by atoms with Crippen molar-refractivity contribution in [2.24, 2.45) is 0 Å². The highest BCUT2D eigenvalue weighted by atomic mass is 32.1. The fourth-order valence-corrected chi connectivity index (χ4v) is 5.90. The number of carbonyl (C=O) groups is 1. The fraction of sp³-hybridized carbons (Fsp3) is 0.400. The van der Waals surface area contributed by atoms with Crippen LogP contribution in [-0.4, -0.2) is 32.6 Å². The van der Waals surface area contributed by atoms with Gasteiger partial charge >= 0.3 is 0 Å². The molecule has 2 aromatic heterocycles. The van der Waals surface area contributed by atoms with Crippen LogP contribution in [0.25, 0.3) is 21.7 Å². The van der Waals surface area contributed by atoms with Crippen molar-refractivity contribution in [1.82, 2.24) is 9.47 Å². The molecule has 0 saturated carbocycles. The summed E-state index contributed by atoms with van der Waals surface area (Å²) >= 11 is 1.71. The van der Waals surface area contributed by atoms with Gasteiger partial charge in [0, 0.05) is 34.6 Å². The van der Waals surface area contributed by atoms with Gasteiger partial charge in [-0.05, 0) is 81.2 Å². The van der Waals surface area contributed by atoms with E-state index in [0.717, 1.165) is 66.9 Å². The molecule has 3 aromatic rings. The first-order valence-electron chi connectivity index (χ1n) is 11.0. The molecule has 1 amide bonds. The van der Waals surface area contributed by atoms with Crippen LogP contribution in [0.3, 0.4) is 0 Å². The third kappa shape index (κ3) is 3.16. The lowest BCUT2D eigenvalue weighted by Crippen LogP contribution is -2.47. The number of nitrogen functional groups attached to an aromatic ring is 1. The van der Waals surface area contributed by atoms with Gasteiger partial charge in [-0.2, -0.15) is 0 Å². The number of thiophene rings is 1. The summed E-state index contributed by atoms with van der Waals surface area (Å²) in [5.41, 5.74) is 12.6. The van der Waals surface area contributed by atoms with Crippen LogP contribution < -0.4 is 5.73 Å². The second-order valence-corrected chi connectivity index (χ2v) is 10.5. The predicted octanol–water partition coefficient (Wildman–Crippen LogP) is 5.30. The SMILES string of the molecule is CC(C)(C)N1CCCCc2c(-c3cccs3)c3n(c2C1=O)CCc1cc(O)c(N)cc1-3. The van der Waals surface area contributed by atoms with E-state index in [4.69, 9.17) is 5.73 Å². The monoisotopic (exact) mass is 435 g/mol. The summed E-state index contributed by atoms with van der Waals surface area (Å²) in [6.07, 6.45) is 3.72. The van der Waals surface area contributed by atoms with Crippen molar-refractivity contribution in [3.05, 3.63) is 46.5 Å². The number of fused-ring (bicyclic) bond motifs is 5. The molecular weight excluding hydrogens is 406 g/mol. The van der Waals surface area contributed by atoms with Crippen LogP contribution >= 0.6 is 11.3 Å². The highest BCUT2D eigenvalue weighted by Crippen LogP contribution is 2.47. The number of nitrogens with two attached hydrogens (primary N) is 1. The maximum atomic E-state index is 14.0. The molecule has 0 radical (unpaired) electrons. The van der Waals surface area contributed by atoms with Gasteiger partial charge in [0.2, 0.25) is 0 Å². The van der Waals surface area contributed by atoms with Gasteiger partial charge in [-0.3, -0.25) is 4.79 Å². The lowest BCUT2D eigenvalue weighted by Gasteiger charge is -2.37. The Balaban J connectivity index is 1.84. The molecule has 1 aromatic carbocycles. The number of rotatable bonds is 1. The molecule has 0 aliphatic carbocycles. The molecular formula is C25H29N3O2S. The van der Waals surface area contributed by atoms with E-state index in [2.05, 4.69) is 42.9 Å². The molecule has 3 N–H and O–H groups in total. The maximum Gasteiger partial charge on any atom is 0.271 e. The van der Waals surface area contributed by atoms with Crippen molar-refractivity contribution in [3.63, 3.8) is 0 Å². The minimum absolute atomic E-state index is 0.126. The number of amides is 1. The Morgan fingerprint density at radius 1 is 1.10 bits per heavy atom. The Morgan fingerprint density at radius 3 is 2.61 bits per heavy atom. The van der Waals surface area contributed by atoms with Crippen molar-refractivity contribution in [3.8, 4) is 27.4 Å². The van der Waals surface area contributed by atoms with Gasteiger partial charge in [-0.25, -0.2) is 0 Å². The van der Waals surface area contributed by atoms with Crippen molar-refractivity contribution < 1.29 is 9.90 Å². The molecule has 0 spiro atoms. The molecule has 5 rings (SSSR count). The highest BCUT2D eigenvalue weighted by Gasteiger charge is 2.37. The summed E-state index contributed by atoms with van der Waals surface area (Å²) in [6.45, 7) is 7.86. The number of aromatic hydroxyl groups is 1. The van der Waals surface area contributed by atoms with Crippen molar-refractivity contribution in [2.75, 3.05) is 12.3 Å². The van der Waals surface area contributed by atoms with E-state index < -0.39 is 0 Å². The van der Waals surface area contributed by atoms with E-state index in [1.54, 1.807) is 17.4 Å². The number of hydrogen-bond acceptors (Lipinski definition) is 4. The molecule has 162 valence electrons. The second-order valence-electron chi connectivity index (χ2n) is 9.58. The molecule has 2 aliphatic rings. The average Bonchev–Trinajstić information content (AvgIpc) is 3.31. The molecule has 31 heavy (non-hydrogen) atoms. The van der Waals surface area contributed by atoms with Crippen LogP contribution in [0.4, 0.5) is 5.69 Å². The van der Waals surface area contributed by atoms with Crippen LogP contribution in [0.2, 0.25) is 0 Å². The maximum absolute atomic E-state index is 14.0. The van der Waals surface area contributed by atoms with Gasteiger partial charge < -0.3 is 20.3 Å². The highest BCUT2D eigenvalue weighted by molar-refractivity contribution is 7.13. The summed E-state index contributed by atoms with van der Waals surface area (Å²) in [5.74, 6) is 0.256. The average molecular weight is 436 g/mol. The standard InChI is InChI=1S/C25H29N3O2S/c1-25(2,3)28-10-5-4-7-16-21(20-8-6-12-31-20)22-17-14-18(26)19(29)13-15(17)9-11-27(22)23(16)24(28)30/h6,8,12-14,29H,4-5,7,9-11,26H2,1-3H3. The zero-order valence-corrected chi connectivity index (χ0v) is 19.2. The van der Waals surface area contributed by atoms with Crippen LogP contribution in [0.15, 0.2) is 29.6 Å². The third-order valence-corrected chi connectivity index (χ3v) is 7.45. The Hall–Kier alpha value is -2.73. The van der Waals surface area contributed by atoms with E-state index in [9.17, 15) is 9.90 Å². The van der Waals surface area contributed by atoms with Gasteiger partial charge in [-0.15, -0.1) is 11.3 Å². The first-order valence-corrected chi connectivity index (χ1v) is 11.9. The lowest BCUT2D eigenvalue weighted by molar-refractivity contribution is 0.0559. The van der Waals surface area contributed by atoms with Gasteiger partial charge in [-0.1, -0.05) is 6.07 Å². The summed E-state index contributed by atoms with van der Waals surface area (Å²) in [4.78, 5) is 17.2. The molecule has 0 saturated heterocycles. The molecule has 0 unspecified atom stereocenters. The number of nitrogens with zero attached hydrogens (tertiary/aromatic N) is 2. The fourth-order valence-electron chi connectivity index (χ4n) is 5.10. The van der Waals surface area contributed by atoms with Gasteiger partial charge in [0.05, 0.1) is 11.4 Å². The topological polar surface area (TPSA) is 71.5 Å². The third-order valence-electron chi connectivity index (χ3n) is 6.56. The molecule has 4 heterocycles. The van der Waals surface area contributed by atoms with Crippen LogP contribution in [0.1, 0.15) is 55.2 Å². The number of phenolic OH excluding ortho intramolecular Hbond substituents is 1. The van der Waals surface area contributed by atoms with E-state index >= 15 is 0 Å². The summed E-state index contributed by atoms with van der Waals surface area (Å²) in [5, 5.41) is 12.3. The number of benzene rings is 1. The van der Waals surface area contributed by atoms with Crippen LogP contribution in [0.5, 0.6) is 5.75 Å². The summed E-state index contributed by atoms with van der Waals surface area (Å²) in [7, 11) is 0. The molecule has 0 atom stereocenters. The van der Waals surface area contributed by atoms with Crippen LogP contribution in [0, 0.1) is 0 Å². The zero-order chi connectivity index (χ0) is 21.9. The van der Waals surface area contributed by atoms with E-state index in [1.807, 2.05) is 11.0 Å². The Bertz CT molecular complexity index is 1170. The van der Waals surface area contributed by atoms with Crippen molar-refractivity contribution in [2.45, 2.75) is 58.5 Å². The number of aromatic nitrogens is 1. The molecule has 2 aliphatic heterocycles. The Morgan fingerprint density at radius 2 is 1.90 bits per heavy atom. The minimum Gasteiger partial charge on any atom is -0.506 e. The first-order chi connectivity index (χ1) is 14.8. The number of carbonyl (C=O) groups excluding carboxylic acids is 1. The smallest absolute Gasteiger partial charge is 0.271 e. The Kier molecular flexibility index (Phi) is 4.66. The quantitative estimate of drug-likeness (QED) is 0.402. The summed E-state index contributed by atoms with van der Waals surface area (Å²) in [6, 6.07) is 7.88. The molecule has 0 bridgehead atoms. The minimum atomic E-state index is -0.234. The molecule has 5 nitrogen and oxygen atoms in total. The number of anilines is 1. The van der Waals surface area contributed by atoms with Crippen molar-refractivity contribution in [1.29, 1.82) is 0 Å². The zero-order valence-electron chi connectivity index (χ0n) is 18.4. The van der Waals surface area contributed by atoms with E-state index in [0.29, 0.717) is 5.69 Å². The number of phenols is 1. The van der Waals surface area contributed by atoms with Gasteiger partial charge in [0.25, 0.3) is 5.91 Å². The van der Waals surface area contributed by atoms with Gasteiger partial charge in [0.1, 0.15) is 11.4 Å². The second kappa shape index (κ2) is 7.16. The number of hydrogen-bond donors (Lipinski definition) is 2.